The van der Waals surface area contributed by atoms with E-state index in [9.17, 15) is 13.2 Å². The number of halogens is 5. The van der Waals surface area contributed by atoms with Gasteiger partial charge in [0.05, 0.1) is 10.7 Å². The standard InChI is InChI=1S/C12H8Cl2F3N3/c1-18-10-5-9(19-11(20-10)12(15,16)17)7-4-6(13)2-3-8(7)14/h2-5H,1H3,(H,18,19,20). The Morgan fingerprint density at radius 3 is 2.40 bits per heavy atom. The fourth-order valence-corrected chi connectivity index (χ4v) is 1.92. The van der Waals surface area contributed by atoms with Gasteiger partial charge in [0.2, 0.25) is 5.82 Å². The summed E-state index contributed by atoms with van der Waals surface area (Å²) < 4.78 is 38.3. The van der Waals surface area contributed by atoms with Crippen LogP contribution in [0.3, 0.4) is 0 Å². The Hall–Kier alpha value is -1.53. The second kappa shape index (κ2) is 5.46. The molecule has 1 heterocycles. The molecule has 0 bridgehead atoms. The first-order valence-corrected chi connectivity index (χ1v) is 6.16. The topological polar surface area (TPSA) is 37.8 Å². The summed E-state index contributed by atoms with van der Waals surface area (Å²) in [6.07, 6.45) is -4.65. The Bertz CT molecular complexity index is 644. The molecule has 1 aromatic carbocycles. The molecule has 2 aromatic rings. The highest BCUT2D eigenvalue weighted by Gasteiger charge is 2.35. The molecule has 1 N–H and O–H groups in total. The van der Waals surface area contributed by atoms with E-state index >= 15 is 0 Å². The highest BCUT2D eigenvalue weighted by molar-refractivity contribution is 6.35. The lowest BCUT2D eigenvalue weighted by Gasteiger charge is -2.11. The van der Waals surface area contributed by atoms with E-state index in [0.717, 1.165) is 0 Å². The van der Waals surface area contributed by atoms with Crippen LogP contribution >= 0.6 is 23.2 Å². The fraction of sp³-hybridized carbons (Fsp3) is 0.167. The maximum absolute atomic E-state index is 12.8. The quantitative estimate of drug-likeness (QED) is 0.884. The van der Waals surface area contributed by atoms with Crippen molar-refractivity contribution in [3.63, 3.8) is 0 Å². The number of hydrogen-bond donors (Lipinski definition) is 1. The van der Waals surface area contributed by atoms with Gasteiger partial charge in [-0.15, -0.1) is 0 Å². The van der Waals surface area contributed by atoms with Crippen molar-refractivity contribution in [3.8, 4) is 11.3 Å². The Kier molecular flexibility index (Phi) is 4.06. The van der Waals surface area contributed by atoms with E-state index in [0.29, 0.717) is 10.6 Å². The molecule has 8 heteroatoms. The van der Waals surface area contributed by atoms with Crippen LogP contribution in [0.2, 0.25) is 10.0 Å². The number of benzene rings is 1. The van der Waals surface area contributed by atoms with Crippen molar-refractivity contribution in [3.05, 3.63) is 40.1 Å². The van der Waals surface area contributed by atoms with Gasteiger partial charge in [-0.2, -0.15) is 13.2 Å². The van der Waals surface area contributed by atoms with Gasteiger partial charge >= 0.3 is 6.18 Å². The van der Waals surface area contributed by atoms with Gasteiger partial charge in [0, 0.05) is 23.7 Å². The summed E-state index contributed by atoms with van der Waals surface area (Å²) in [4.78, 5) is 6.88. The molecule has 3 nitrogen and oxygen atoms in total. The van der Waals surface area contributed by atoms with Crippen molar-refractivity contribution in [2.45, 2.75) is 6.18 Å². The first-order valence-electron chi connectivity index (χ1n) is 5.40. The SMILES string of the molecule is CNc1cc(-c2cc(Cl)ccc2Cl)nc(C(F)(F)F)n1. The summed E-state index contributed by atoms with van der Waals surface area (Å²) in [5.74, 6) is -1.20. The van der Waals surface area contributed by atoms with Crippen LogP contribution in [0.25, 0.3) is 11.3 Å². The van der Waals surface area contributed by atoms with Crippen molar-refractivity contribution in [1.82, 2.24) is 9.97 Å². The maximum Gasteiger partial charge on any atom is 0.451 e. The third-order valence-corrected chi connectivity index (χ3v) is 3.00. The zero-order valence-corrected chi connectivity index (χ0v) is 11.6. The normalized spacial score (nSPS) is 11.5. The van der Waals surface area contributed by atoms with E-state index < -0.39 is 12.0 Å². The zero-order chi connectivity index (χ0) is 14.9. The molecule has 0 saturated heterocycles. The van der Waals surface area contributed by atoms with Crippen LogP contribution in [0, 0.1) is 0 Å². The first-order chi connectivity index (χ1) is 9.31. The number of nitrogens with zero attached hydrogens (tertiary/aromatic N) is 2. The largest absolute Gasteiger partial charge is 0.451 e. The molecule has 0 spiro atoms. The van der Waals surface area contributed by atoms with Gasteiger partial charge < -0.3 is 5.32 Å². The Labute approximate surface area is 122 Å². The number of alkyl halides is 3. The number of rotatable bonds is 2. The van der Waals surface area contributed by atoms with Crippen LogP contribution in [-0.2, 0) is 6.18 Å². The van der Waals surface area contributed by atoms with Crippen LogP contribution in [0.5, 0.6) is 0 Å². The maximum atomic E-state index is 12.8. The molecular formula is C12H8Cl2F3N3. The molecule has 0 atom stereocenters. The molecule has 0 unspecified atom stereocenters. The summed E-state index contributed by atoms with van der Waals surface area (Å²) in [6.45, 7) is 0. The molecule has 106 valence electrons. The average molecular weight is 322 g/mol. The average Bonchev–Trinajstić information content (AvgIpc) is 2.40. The second-order valence-electron chi connectivity index (χ2n) is 3.83. The van der Waals surface area contributed by atoms with Crippen LogP contribution in [0.15, 0.2) is 24.3 Å². The lowest BCUT2D eigenvalue weighted by atomic mass is 10.1. The van der Waals surface area contributed by atoms with Crippen molar-refractivity contribution in [2.75, 3.05) is 12.4 Å². The Morgan fingerprint density at radius 1 is 1.10 bits per heavy atom. The molecule has 0 amide bonds. The van der Waals surface area contributed by atoms with Crippen molar-refractivity contribution >= 4 is 29.0 Å². The minimum absolute atomic E-state index is 0.0402. The molecule has 0 aliphatic heterocycles. The van der Waals surface area contributed by atoms with E-state index in [1.807, 2.05) is 0 Å². The lowest BCUT2D eigenvalue weighted by Crippen LogP contribution is -2.13. The molecule has 0 saturated carbocycles. The lowest BCUT2D eigenvalue weighted by molar-refractivity contribution is -0.144. The molecule has 20 heavy (non-hydrogen) atoms. The predicted molar refractivity (Wildman–Crippen MR) is 72.0 cm³/mol. The van der Waals surface area contributed by atoms with E-state index in [1.165, 1.54) is 31.3 Å². The van der Waals surface area contributed by atoms with Crippen LogP contribution in [0.4, 0.5) is 19.0 Å². The summed E-state index contributed by atoms with van der Waals surface area (Å²) >= 11 is 11.8. The molecule has 0 radical (unpaired) electrons. The molecule has 0 aliphatic rings. The second-order valence-corrected chi connectivity index (χ2v) is 4.68. The monoisotopic (exact) mass is 321 g/mol. The summed E-state index contributed by atoms with van der Waals surface area (Å²) in [6, 6.07) is 5.85. The van der Waals surface area contributed by atoms with Crippen molar-refractivity contribution in [1.29, 1.82) is 0 Å². The van der Waals surface area contributed by atoms with Crippen LogP contribution in [0.1, 0.15) is 5.82 Å². The van der Waals surface area contributed by atoms with Crippen LogP contribution in [-0.4, -0.2) is 17.0 Å². The number of anilines is 1. The molecule has 0 aliphatic carbocycles. The summed E-state index contributed by atoms with van der Waals surface area (Å²) in [5, 5.41) is 3.16. The van der Waals surface area contributed by atoms with Crippen LogP contribution < -0.4 is 5.32 Å². The van der Waals surface area contributed by atoms with Crippen molar-refractivity contribution in [2.24, 2.45) is 0 Å². The molecule has 0 fully saturated rings. The first kappa shape index (κ1) is 14.9. The predicted octanol–water partition coefficient (Wildman–Crippen LogP) is 4.51. The Balaban J connectivity index is 2.64. The van der Waals surface area contributed by atoms with Gasteiger partial charge in [0.1, 0.15) is 5.82 Å². The van der Waals surface area contributed by atoms with Gasteiger partial charge in [0.25, 0.3) is 0 Å². The highest BCUT2D eigenvalue weighted by Crippen LogP contribution is 2.33. The van der Waals surface area contributed by atoms with E-state index in [1.54, 1.807) is 0 Å². The molecule has 2 rings (SSSR count). The van der Waals surface area contributed by atoms with Gasteiger partial charge in [-0.3, -0.25) is 0 Å². The van der Waals surface area contributed by atoms with Crippen molar-refractivity contribution < 1.29 is 13.2 Å². The molecule has 1 aromatic heterocycles. The number of aromatic nitrogens is 2. The van der Waals surface area contributed by atoms with Gasteiger partial charge in [-0.1, -0.05) is 23.2 Å². The Morgan fingerprint density at radius 2 is 1.80 bits per heavy atom. The van der Waals surface area contributed by atoms with Gasteiger partial charge in [-0.05, 0) is 18.2 Å². The minimum atomic E-state index is -4.65. The highest BCUT2D eigenvalue weighted by atomic mass is 35.5. The van der Waals surface area contributed by atoms with E-state index in [4.69, 9.17) is 23.2 Å². The fourth-order valence-electron chi connectivity index (χ4n) is 1.53. The summed E-state index contributed by atoms with van der Waals surface area (Å²) in [7, 11) is 1.46. The zero-order valence-electron chi connectivity index (χ0n) is 10.1. The third-order valence-electron chi connectivity index (χ3n) is 2.44. The molecular weight excluding hydrogens is 314 g/mol. The minimum Gasteiger partial charge on any atom is -0.373 e. The van der Waals surface area contributed by atoms with E-state index in [2.05, 4.69) is 15.3 Å². The number of nitrogens with one attached hydrogen (secondary N) is 1. The summed E-state index contributed by atoms with van der Waals surface area (Å²) in [5.41, 5.74) is 0.354. The van der Waals surface area contributed by atoms with Gasteiger partial charge in [-0.25, -0.2) is 9.97 Å². The smallest absolute Gasteiger partial charge is 0.373 e. The van der Waals surface area contributed by atoms with E-state index in [-0.39, 0.29) is 16.5 Å². The third kappa shape index (κ3) is 3.13. The van der Waals surface area contributed by atoms with Gasteiger partial charge in [0.15, 0.2) is 0 Å². The number of hydrogen-bond acceptors (Lipinski definition) is 3.